The Morgan fingerprint density at radius 2 is 2.00 bits per heavy atom. The number of carbonyl (C=O) groups is 1. The van der Waals surface area contributed by atoms with E-state index in [0.717, 1.165) is 0 Å². The molecule has 0 N–H and O–H groups in total. The molecule has 0 aliphatic carbocycles. The van der Waals surface area contributed by atoms with Crippen LogP contribution in [0.5, 0.6) is 0 Å². The lowest BCUT2D eigenvalue weighted by Crippen LogP contribution is -2.07. The van der Waals surface area contributed by atoms with E-state index in [1.165, 1.54) is 14.2 Å². The summed E-state index contributed by atoms with van der Waals surface area (Å²) >= 11 is 0. The molecule has 0 spiro atoms. The molecule has 14 heavy (non-hydrogen) atoms. The van der Waals surface area contributed by atoms with E-state index in [4.69, 9.17) is 5.26 Å². The van der Waals surface area contributed by atoms with Crippen LogP contribution in [0, 0.1) is 11.3 Å². The Labute approximate surface area is 83.5 Å². The van der Waals surface area contributed by atoms with Crippen LogP contribution in [0.4, 0.5) is 0 Å². The van der Waals surface area contributed by atoms with Gasteiger partial charge in [-0.1, -0.05) is 0 Å². The average Bonchev–Trinajstić information content (AvgIpc) is 2.18. The summed E-state index contributed by atoms with van der Waals surface area (Å²) in [6.07, 6.45) is 0.842. The van der Waals surface area contributed by atoms with Crippen LogP contribution in [0.15, 0.2) is 0 Å². The Balaban J connectivity index is 3.93. The summed E-state index contributed by atoms with van der Waals surface area (Å²) in [5.41, 5.74) is 0. The van der Waals surface area contributed by atoms with E-state index in [2.05, 4.69) is 9.05 Å². The normalized spacial score (nSPS) is 10.9. The summed E-state index contributed by atoms with van der Waals surface area (Å²) in [6.45, 7) is 0. The second-order valence-electron chi connectivity index (χ2n) is 2.68. The van der Waals surface area contributed by atoms with Crippen LogP contribution in [-0.4, -0.2) is 26.2 Å². The second kappa shape index (κ2) is 6.72. The Morgan fingerprint density at radius 3 is 2.43 bits per heavy atom. The Bertz CT molecular complexity index is 263. The summed E-state index contributed by atoms with van der Waals surface area (Å²) in [5, 5.41) is 8.24. The van der Waals surface area contributed by atoms with Gasteiger partial charge in [0, 0.05) is 27.1 Å². The van der Waals surface area contributed by atoms with Crippen molar-refractivity contribution in [3.63, 3.8) is 0 Å². The molecule has 6 heteroatoms. The Morgan fingerprint density at radius 1 is 1.43 bits per heavy atom. The highest BCUT2D eigenvalue weighted by Crippen LogP contribution is 2.46. The number of nitrogens with zero attached hydrogens (tertiary/aromatic N) is 1. The highest BCUT2D eigenvalue weighted by atomic mass is 31.2. The number of hydrogen-bond acceptors (Lipinski definition) is 5. The first-order valence-corrected chi connectivity index (χ1v) is 5.90. The second-order valence-corrected chi connectivity index (χ2v) is 4.95. The lowest BCUT2D eigenvalue weighted by atomic mass is 10.2. The SMILES string of the molecule is COP(=O)(CC(=O)CCCC#N)OC. The number of nitriles is 1. The van der Waals surface area contributed by atoms with Crippen molar-refractivity contribution >= 4 is 13.4 Å². The highest BCUT2D eigenvalue weighted by Gasteiger charge is 2.24. The number of rotatable bonds is 7. The van der Waals surface area contributed by atoms with Crippen LogP contribution >= 0.6 is 7.60 Å². The van der Waals surface area contributed by atoms with Crippen molar-refractivity contribution in [1.82, 2.24) is 0 Å². The lowest BCUT2D eigenvalue weighted by molar-refractivity contribution is -0.117. The molecule has 0 saturated carbocycles. The standard InChI is InChI=1S/C8H14NO4P/c1-12-14(11,13-2)7-8(10)5-3-4-6-9/h3-5,7H2,1-2H3. The van der Waals surface area contributed by atoms with Gasteiger partial charge in [0.15, 0.2) is 0 Å². The molecule has 0 aromatic carbocycles. The molecular formula is C8H14NO4P. The number of unbranched alkanes of at least 4 members (excludes halogenated alkanes) is 1. The van der Waals surface area contributed by atoms with Crippen LogP contribution in [0.2, 0.25) is 0 Å². The minimum Gasteiger partial charge on any atom is -0.312 e. The number of ketones is 1. The van der Waals surface area contributed by atoms with E-state index in [-0.39, 0.29) is 18.4 Å². The summed E-state index contributed by atoms with van der Waals surface area (Å²) in [6, 6.07) is 1.93. The molecule has 0 saturated heterocycles. The fourth-order valence-corrected chi connectivity index (χ4v) is 1.86. The highest BCUT2D eigenvalue weighted by molar-refractivity contribution is 7.54. The predicted molar refractivity (Wildman–Crippen MR) is 51.0 cm³/mol. The zero-order chi connectivity index (χ0) is 11.0. The minimum atomic E-state index is -3.22. The van der Waals surface area contributed by atoms with Gasteiger partial charge in [0.1, 0.15) is 11.9 Å². The maximum atomic E-state index is 11.5. The molecular weight excluding hydrogens is 205 g/mol. The third-order valence-electron chi connectivity index (χ3n) is 1.67. The van der Waals surface area contributed by atoms with Gasteiger partial charge in [0.25, 0.3) is 0 Å². The topological polar surface area (TPSA) is 76.4 Å². The molecule has 0 bridgehead atoms. The van der Waals surface area contributed by atoms with Gasteiger partial charge in [-0.2, -0.15) is 5.26 Å². The van der Waals surface area contributed by atoms with Gasteiger partial charge in [0.05, 0.1) is 6.07 Å². The summed E-state index contributed by atoms with van der Waals surface area (Å²) < 4.78 is 20.7. The van der Waals surface area contributed by atoms with Gasteiger partial charge in [0.2, 0.25) is 0 Å². The van der Waals surface area contributed by atoms with E-state index in [1.54, 1.807) is 0 Å². The first-order valence-electron chi connectivity index (χ1n) is 4.17. The molecule has 0 fully saturated rings. The fourth-order valence-electron chi connectivity index (χ4n) is 0.863. The zero-order valence-corrected chi connectivity index (χ0v) is 9.25. The zero-order valence-electron chi connectivity index (χ0n) is 8.36. The molecule has 0 atom stereocenters. The number of carbonyl (C=O) groups excluding carboxylic acids is 1. The Hall–Kier alpha value is -0.690. The fraction of sp³-hybridized carbons (Fsp3) is 0.750. The van der Waals surface area contributed by atoms with Crippen molar-refractivity contribution in [3.05, 3.63) is 0 Å². The minimum absolute atomic E-state index is 0.202. The average molecular weight is 219 g/mol. The third-order valence-corrected chi connectivity index (χ3v) is 3.52. The molecule has 0 radical (unpaired) electrons. The van der Waals surface area contributed by atoms with Gasteiger partial charge in [-0.3, -0.25) is 9.36 Å². The van der Waals surface area contributed by atoms with Crippen LogP contribution < -0.4 is 0 Å². The maximum Gasteiger partial charge on any atom is 0.337 e. The quantitative estimate of drug-likeness (QED) is 0.481. The predicted octanol–water partition coefficient (Wildman–Crippen LogP) is 1.74. The smallest absolute Gasteiger partial charge is 0.312 e. The van der Waals surface area contributed by atoms with Crippen molar-refractivity contribution in [2.75, 3.05) is 20.4 Å². The molecule has 5 nitrogen and oxygen atoms in total. The van der Waals surface area contributed by atoms with Crippen LogP contribution in [-0.2, 0) is 18.4 Å². The van der Waals surface area contributed by atoms with Crippen LogP contribution in [0.3, 0.4) is 0 Å². The Kier molecular flexibility index (Phi) is 6.39. The van der Waals surface area contributed by atoms with E-state index in [9.17, 15) is 9.36 Å². The monoisotopic (exact) mass is 219 g/mol. The van der Waals surface area contributed by atoms with E-state index in [1.807, 2.05) is 6.07 Å². The van der Waals surface area contributed by atoms with Crippen molar-refractivity contribution in [2.45, 2.75) is 19.3 Å². The van der Waals surface area contributed by atoms with Gasteiger partial charge in [-0.05, 0) is 6.42 Å². The van der Waals surface area contributed by atoms with Gasteiger partial charge in [-0.15, -0.1) is 0 Å². The molecule has 0 rings (SSSR count). The molecule has 0 aliphatic heterocycles. The molecule has 0 unspecified atom stereocenters. The molecule has 0 heterocycles. The molecule has 0 amide bonds. The number of hydrogen-bond donors (Lipinski definition) is 0. The first kappa shape index (κ1) is 13.3. The van der Waals surface area contributed by atoms with Crippen molar-refractivity contribution in [2.24, 2.45) is 0 Å². The third kappa shape index (κ3) is 5.13. The summed E-state index contributed by atoms with van der Waals surface area (Å²) in [5.74, 6) is -0.202. The molecule has 0 aromatic rings. The van der Waals surface area contributed by atoms with Crippen LogP contribution in [0.1, 0.15) is 19.3 Å². The summed E-state index contributed by atoms with van der Waals surface area (Å²) in [4.78, 5) is 11.2. The maximum absolute atomic E-state index is 11.5. The first-order chi connectivity index (χ1) is 6.58. The van der Waals surface area contributed by atoms with Crippen molar-refractivity contribution in [3.8, 4) is 6.07 Å². The van der Waals surface area contributed by atoms with Crippen molar-refractivity contribution < 1.29 is 18.4 Å². The van der Waals surface area contributed by atoms with Crippen LogP contribution in [0.25, 0.3) is 0 Å². The van der Waals surface area contributed by atoms with Gasteiger partial charge >= 0.3 is 7.60 Å². The number of Topliss-reactive ketones (excluding diaryl/α,β-unsaturated/α-hetero) is 1. The van der Waals surface area contributed by atoms with E-state index < -0.39 is 7.60 Å². The molecule has 0 aromatic heterocycles. The molecule has 0 aliphatic rings. The largest absolute Gasteiger partial charge is 0.337 e. The lowest BCUT2D eigenvalue weighted by Gasteiger charge is -2.11. The van der Waals surface area contributed by atoms with E-state index in [0.29, 0.717) is 12.8 Å². The van der Waals surface area contributed by atoms with Crippen molar-refractivity contribution in [1.29, 1.82) is 5.26 Å². The van der Waals surface area contributed by atoms with E-state index >= 15 is 0 Å². The molecule has 80 valence electrons. The summed E-state index contributed by atoms with van der Waals surface area (Å²) in [7, 11) is -0.733. The van der Waals surface area contributed by atoms with Gasteiger partial charge < -0.3 is 9.05 Å². The van der Waals surface area contributed by atoms with Gasteiger partial charge in [-0.25, -0.2) is 0 Å².